The van der Waals surface area contributed by atoms with Crippen LogP contribution < -0.4 is 4.57 Å². The third kappa shape index (κ3) is 12.6. The highest BCUT2D eigenvalue weighted by atomic mass is 16.4. The second-order valence-corrected chi connectivity index (χ2v) is 8.12. The van der Waals surface area contributed by atoms with Crippen LogP contribution in [0.1, 0.15) is 114 Å². The van der Waals surface area contributed by atoms with E-state index in [2.05, 4.69) is 29.7 Å². The van der Waals surface area contributed by atoms with Crippen LogP contribution in [0.5, 0.6) is 0 Å². The van der Waals surface area contributed by atoms with Gasteiger partial charge in [0.05, 0.1) is 7.05 Å². The van der Waals surface area contributed by atoms with Gasteiger partial charge in [0.15, 0.2) is 0 Å². The Balaban J connectivity index is 1.74. The number of aromatic nitrogens is 2. The summed E-state index contributed by atoms with van der Waals surface area (Å²) in [5, 5.41) is 8.58. The summed E-state index contributed by atoms with van der Waals surface area (Å²) in [5.74, 6) is 0.580. The third-order valence-corrected chi connectivity index (χ3v) is 5.71. The van der Waals surface area contributed by atoms with Crippen LogP contribution in [0.2, 0.25) is 0 Å². The molecule has 27 heavy (non-hydrogen) atoms. The van der Waals surface area contributed by atoms with Gasteiger partial charge in [-0.2, -0.15) is 0 Å². The van der Waals surface area contributed by atoms with Gasteiger partial charge in [-0.05, 0) is 12.8 Å². The molecular formula is C23H43N2O2+. The molecule has 1 aromatic rings. The Morgan fingerprint density at radius 1 is 0.815 bits per heavy atom. The van der Waals surface area contributed by atoms with Gasteiger partial charge in [-0.3, -0.25) is 4.79 Å². The van der Waals surface area contributed by atoms with Crippen molar-refractivity contribution in [3.05, 3.63) is 17.7 Å². The van der Waals surface area contributed by atoms with Crippen LogP contribution in [-0.2, 0) is 18.3 Å². The van der Waals surface area contributed by atoms with Crippen LogP contribution in [0.4, 0.5) is 0 Å². The fourth-order valence-corrected chi connectivity index (χ4v) is 3.72. The minimum Gasteiger partial charge on any atom is -0.481 e. The van der Waals surface area contributed by atoms with Crippen LogP contribution in [0.25, 0.3) is 0 Å². The van der Waals surface area contributed by atoms with Crippen LogP contribution in [0, 0.1) is 6.92 Å². The largest absolute Gasteiger partial charge is 0.481 e. The summed E-state index contributed by atoms with van der Waals surface area (Å²) >= 11 is 0. The Kier molecular flexibility index (Phi) is 13.8. The molecule has 1 rings (SSSR count). The highest BCUT2D eigenvalue weighted by molar-refractivity contribution is 5.66. The van der Waals surface area contributed by atoms with Crippen molar-refractivity contribution in [2.45, 2.75) is 116 Å². The van der Waals surface area contributed by atoms with Crippen molar-refractivity contribution in [3.63, 3.8) is 0 Å². The lowest BCUT2D eigenvalue weighted by Crippen LogP contribution is -2.33. The molecule has 4 heteroatoms. The van der Waals surface area contributed by atoms with Crippen molar-refractivity contribution < 1.29 is 14.5 Å². The van der Waals surface area contributed by atoms with E-state index in [0.717, 1.165) is 12.8 Å². The molecule has 0 aliphatic heterocycles. The maximum atomic E-state index is 10.4. The first-order chi connectivity index (χ1) is 13.1. The summed E-state index contributed by atoms with van der Waals surface area (Å²) in [5.41, 5.74) is 1.42. The van der Waals surface area contributed by atoms with Crippen molar-refractivity contribution in [2.75, 3.05) is 0 Å². The number of imidazole rings is 1. The van der Waals surface area contributed by atoms with Crippen molar-refractivity contribution in [1.82, 2.24) is 4.98 Å². The number of carbonyl (C=O) groups is 1. The standard InChI is InChI=1S/C23H42N2O2/c1-21-24-20-22(25(21)2)18-16-14-12-10-8-6-4-3-5-7-9-11-13-15-17-19-23(26)27/h20H,3-19H2,1-2H3,(H,26,27)/p+1. The maximum Gasteiger partial charge on any atom is 0.303 e. The molecule has 1 heterocycles. The molecule has 0 saturated carbocycles. The topological polar surface area (TPSA) is 57.0 Å². The monoisotopic (exact) mass is 379 g/mol. The van der Waals surface area contributed by atoms with E-state index in [4.69, 9.17) is 5.11 Å². The molecule has 0 atom stereocenters. The smallest absolute Gasteiger partial charge is 0.303 e. The number of hydrogen-bond donors (Lipinski definition) is 2. The van der Waals surface area contributed by atoms with E-state index < -0.39 is 5.97 Å². The van der Waals surface area contributed by atoms with E-state index in [1.165, 1.54) is 101 Å². The summed E-state index contributed by atoms with van der Waals surface area (Å²) in [6.45, 7) is 2.12. The van der Waals surface area contributed by atoms with E-state index in [-0.39, 0.29) is 0 Å². The Labute approximate surface area is 166 Å². The van der Waals surface area contributed by atoms with Gasteiger partial charge in [-0.25, -0.2) is 9.55 Å². The van der Waals surface area contributed by atoms with E-state index in [1.807, 2.05) is 0 Å². The van der Waals surface area contributed by atoms with Crippen molar-refractivity contribution in [2.24, 2.45) is 7.05 Å². The van der Waals surface area contributed by atoms with E-state index in [0.29, 0.717) is 6.42 Å². The van der Waals surface area contributed by atoms with Gasteiger partial charge < -0.3 is 5.11 Å². The van der Waals surface area contributed by atoms with Crippen LogP contribution in [0.15, 0.2) is 6.20 Å². The third-order valence-electron chi connectivity index (χ3n) is 5.71. The summed E-state index contributed by atoms with van der Waals surface area (Å²) < 4.78 is 2.26. The number of carboxylic acid groups (broad SMARTS) is 1. The molecule has 4 nitrogen and oxygen atoms in total. The first-order valence-corrected chi connectivity index (χ1v) is 11.4. The SMILES string of the molecule is Cc1[nH]cc(CCCCCCCCCCCCCCCCCC(=O)O)[n+]1C. The Hall–Kier alpha value is -1.32. The maximum absolute atomic E-state index is 10.4. The van der Waals surface area contributed by atoms with Gasteiger partial charge >= 0.3 is 5.97 Å². The molecule has 1 aromatic heterocycles. The molecule has 2 N–H and O–H groups in total. The highest BCUT2D eigenvalue weighted by Crippen LogP contribution is 2.14. The van der Waals surface area contributed by atoms with Gasteiger partial charge in [-0.15, -0.1) is 0 Å². The fourth-order valence-electron chi connectivity index (χ4n) is 3.72. The van der Waals surface area contributed by atoms with Crippen molar-refractivity contribution in [1.29, 1.82) is 0 Å². The first kappa shape index (κ1) is 23.7. The number of aromatic amines is 1. The molecule has 156 valence electrons. The minimum atomic E-state index is -0.657. The molecule has 0 fully saturated rings. The molecule has 0 spiro atoms. The Morgan fingerprint density at radius 2 is 1.22 bits per heavy atom. The average Bonchev–Trinajstić information content (AvgIpc) is 2.96. The zero-order chi connectivity index (χ0) is 19.7. The quantitative estimate of drug-likeness (QED) is 0.242. The average molecular weight is 380 g/mol. The van der Waals surface area contributed by atoms with E-state index in [9.17, 15) is 4.79 Å². The lowest BCUT2D eigenvalue weighted by atomic mass is 10.0. The predicted octanol–water partition coefficient (Wildman–Crippen LogP) is 6.02. The van der Waals surface area contributed by atoms with E-state index >= 15 is 0 Å². The van der Waals surface area contributed by atoms with Gasteiger partial charge in [0, 0.05) is 19.8 Å². The van der Waals surface area contributed by atoms with Gasteiger partial charge in [0.1, 0.15) is 11.9 Å². The molecule has 0 amide bonds. The summed E-state index contributed by atoms with van der Waals surface area (Å²) in [6.07, 6.45) is 23.2. The summed E-state index contributed by atoms with van der Waals surface area (Å²) in [7, 11) is 2.14. The predicted molar refractivity (Wildman–Crippen MR) is 112 cm³/mol. The lowest BCUT2D eigenvalue weighted by Gasteiger charge is -2.03. The van der Waals surface area contributed by atoms with Crippen LogP contribution in [-0.4, -0.2) is 16.1 Å². The number of hydrogen-bond acceptors (Lipinski definition) is 1. The Bertz CT molecular complexity index is 497. The zero-order valence-corrected chi connectivity index (χ0v) is 17.9. The molecule has 0 aliphatic rings. The van der Waals surface area contributed by atoms with Crippen molar-refractivity contribution >= 4 is 5.97 Å². The number of unbranched alkanes of at least 4 members (excludes halogenated alkanes) is 14. The fraction of sp³-hybridized carbons (Fsp3) is 0.826. The second-order valence-electron chi connectivity index (χ2n) is 8.12. The highest BCUT2D eigenvalue weighted by Gasteiger charge is 2.08. The number of rotatable bonds is 18. The molecule has 0 aromatic carbocycles. The molecule has 0 bridgehead atoms. The Morgan fingerprint density at radius 3 is 1.59 bits per heavy atom. The second kappa shape index (κ2) is 15.7. The number of carboxylic acids is 1. The molecule has 0 aliphatic carbocycles. The van der Waals surface area contributed by atoms with E-state index in [1.54, 1.807) is 0 Å². The number of aryl methyl sites for hydroxylation is 2. The van der Waals surface area contributed by atoms with Crippen molar-refractivity contribution in [3.8, 4) is 0 Å². The first-order valence-electron chi connectivity index (χ1n) is 11.4. The number of H-pyrrole nitrogens is 1. The normalized spacial score (nSPS) is 11.2. The molecular weight excluding hydrogens is 336 g/mol. The van der Waals surface area contributed by atoms with Crippen LogP contribution in [0.3, 0.4) is 0 Å². The lowest BCUT2D eigenvalue weighted by molar-refractivity contribution is -0.683. The van der Waals surface area contributed by atoms with Gasteiger partial charge in [0.25, 0.3) is 5.82 Å². The minimum absolute atomic E-state index is 0.339. The number of nitrogens with zero attached hydrogens (tertiary/aromatic N) is 1. The molecule has 0 saturated heterocycles. The van der Waals surface area contributed by atoms with Gasteiger partial charge in [-0.1, -0.05) is 83.5 Å². The number of aliphatic carboxylic acids is 1. The zero-order valence-electron chi connectivity index (χ0n) is 17.9. The van der Waals surface area contributed by atoms with Crippen LogP contribution >= 0.6 is 0 Å². The number of nitrogens with one attached hydrogen (secondary N) is 1. The molecule has 0 unspecified atom stereocenters. The van der Waals surface area contributed by atoms with Gasteiger partial charge in [0.2, 0.25) is 0 Å². The molecule has 0 radical (unpaired) electrons. The summed E-state index contributed by atoms with van der Waals surface area (Å²) in [4.78, 5) is 13.7. The summed E-state index contributed by atoms with van der Waals surface area (Å²) in [6, 6.07) is 0.